The molecule has 1 aliphatic carbocycles. The lowest BCUT2D eigenvalue weighted by Gasteiger charge is -2.41. The molecule has 2 heterocycles. The maximum absolute atomic E-state index is 13.5. The van der Waals surface area contributed by atoms with Crippen molar-refractivity contribution in [3.05, 3.63) is 52.2 Å². The third-order valence-corrected chi connectivity index (χ3v) is 5.71. The zero-order valence-corrected chi connectivity index (χ0v) is 17.3. The maximum atomic E-state index is 13.5. The quantitative estimate of drug-likeness (QED) is 0.511. The van der Waals surface area contributed by atoms with Crippen molar-refractivity contribution in [2.24, 2.45) is 11.8 Å². The van der Waals surface area contributed by atoms with Crippen LogP contribution in [-0.4, -0.2) is 20.9 Å². The van der Waals surface area contributed by atoms with Crippen LogP contribution in [0.3, 0.4) is 0 Å². The van der Waals surface area contributed by atoms with Crippen LogP contribution in [0.15, 0.2) is 35.4 Å². The molecule has 154 valence electrons. The topological polar surface area (TPSA) is 115 Å². The smallest absolute Gasteiger partial charge is 0.276 e. The van der Waals surface area contributed by atoms with E-state index in [1.807, 2.05) is 19.9 Å². The first kappa shape index (κ1) is 20.6. The molecular weight excluding hydrogens is 368 g/mol. The van der Waals surface area contributed by atoms with Crippen molar-refractivity contribution in [3.63, 3.8) is 0 Å². The Kier molecular flexibility index (Phi) is 5.72. The first-order chi connectivity index (χ1) is 13.8. The number of amides is 1. The van der Waals surface area contributed by atoms with Gasteiger partial charge in [-0.3, -0.25) is 14.2 Å². The number of nitrogens with zero attached hydrogens (tertiary/aromatic N) is 3. The number of carbonyl (C=O) groups excluding carboxylic acids is 1. The Morgan fingerprint density at radius 3 is 2.72 bits per heavy atom. The number of rotatable bonds is 6. The van der Waals surface area contributed by atoms with E-state index in [-0.39, 0.29) is 5.56 Å². The second-order valence-electron chi connectivity index (χ2n) is 7.95. The second-order valence-corrected chi connectivity index (χ2v) is 7.95. The lowest BCUT2D eigenvalue weighted by molar-refractivity contribution is -0.112. The van der Waals surface area contributed by atoms with Gasteiger partial charge >= 0.3 is 0 Å². The number of pyridine rings is 1. The Morgan fingerprint density at radius 1 is 1.31 bits per heavy atom. The van der Waals surface area contributed by atoms with E-state index in [0.717, 1.165) is 17.7 Å². The fourth-order valence-electron chi connectivity index (χ4n) is 3.92. The predicted octanol–water partition coefficient (Wildman–Crippen LogP) is 2.60. The monoisotopic (exact) mass is 396 g/mol. The summed E-state index contributed by atoms with van der Waals surface area (Å²) in [5, 5.41) is 5.98. The van der Waals surface area contributed by atoms with Gasteiger partial charge in [0, 0.05) is 11.8 Å². The summed E-state index contributed by atoms with van der Waals surface area (Å²) in [7, 11) is 0. The molecule has 3 rings (SSSR count). The van der Waals surface area contributed by atoms with Crippen LogP contribution in [0.4, 0.5) is 17.3 Å². The average Bonchev–Trinajstić information content (AvgIpc) is 2.66. The SMILES string of the molecule is Cc1cc(Nc2cc(N)ncn2)c(=O)n(C2(NC=O)C=CCC(C(C)C)C2)c1C. The van der Waals surface area contributed by atoms with Crippen molar-refractivity contribution in [1.82, 2.24) is 19.9 Å². The van der Waals surface area contributed by atoms with Crippen LogP contribution in [0.5, 0.6) is 0 Å². The molecule has 1 amide bonds. The summed E-state index contributed by atoms with van der Waals surface area (Å²) in [5.41, 5.74) is 6.64. The van der Waals surface area contributed by atoms with Gasteiger partial charge in [0.05, 0.1) is 0 Å². The van der Waals surface area contributed by atoms with Crippen molar-refractivity contribution in [3.8, 4) is 0 Å². The fourth-order valence-corrected chi connectivity index (χ4v) is 3.92. The van der Waals surface area contributed by atoms with Crippen LogP contribution >= 0.6 is 0 Å². The first-order valence-electron chi connectivity index (χ1n) is 9.74. The third kappa shape index (κ3) is 4.01. The van der Waals surface area contributed by atoms with Crippen LogP contribution in [0.2, 0.25) is 0 Å². The summed E-state index contributed by atoms with van der Waals surface area (Å²) >= 11 is 0. The Morgan fingerprint density at radius 2 is 2.07 bits per heavy atom. The molecule has 0 bridgehead atoms. The number of aryl methyl sites for hydroxylation is 1. The van der Waals surface area contributed by atoms with Crippen molar-refractivity contribution in [2.75, 3.05) is 11.1 Å². The Balaban J connectivity index is 2.15. The van der Waals surface area contributed by atoms with E-state index in [1.165, 1.54) is 6.33 Å². The first-order valence-corrected chi connectivity index (χ1v) is 9.74. The highest BCUT2D eigenvalue weighted by Crippen LogP contribution is 2.35. The van der Waals surface area contributed by atoms with Gasteiger partial charge in [-0.2, -0.15) is 0 Å². The summed E-state index contributed by atoms with van der Waals surface area (Å²) in [6.45, 7) is 8.15. The largest absolute Gasteiger partial charge is 0.384 e. The second kappa shape index (κ2) is 8.06. The standard InChI is InChI=1S/C21H28N6O2/c1-13(2)16-6-5-7-21(10-16,25-12-28)27-15(4)14(3)8-17(20(27)29)26-19-9-18(22)23-11-24-19/h5,7-9,11-13,16H,6,10H2,1-4H3,(H,25,28)(H3,22,23,24,26). The minimum atomic E-state index is -0.913. The summed E-state index contributed by atoms with van der Waals surface area (Å²) in [5.74, 6) is 1.51. The maximum Gasteiger partial charge on any atom is 0.276 e. The van der Waals surface area contributed by atoms with Gasteiger partial charge in [-0.15, -0.1) is 0 Å². The van der Waals surface area contributed by atoms with Crippen molar-refractivity contribution in [2.45, 2.75) is 46.2 Å². The molecule has 0 aliphatic heterocycles. The van der Waals surface area contributed by atoms with Gasteiger partial charge in [-0.1, -0.05) is 19.9 Å². The summed E-state index contributed by atoms with van der Waals surface area (Å²) < 4.78 is 1.68. The van der Waals surface area contributed by atoms with E-state index >= 15 is 0 Å². The predicted molar refractivity (Wildman–Crippen MR) is 114 cm³/mol. The van der Waals surface area contributed by atoms with Crippen LogP contribution in [0, 0.1) is 25.7 Å². The number of carbonyl (C=O) groups is 1. The molecule has 0 aromatic carbocycles. The van der Waals surface area contributed by atoms with Gasteiger partial charge in [-0.05, 0) is 56.2 Å². The minimum Gasteiger partial charge on any atom is -0.384 e. The highest BCUT2D eigenvalue weighted by molar-refractivity contribution is 5.59. The van der Waals surface area contributed by atoms with Gasteiger partial charge in [0.2, 0.25) is 6.41 Å². The molecule has 4 N–H and O–H groups in total. The number of hydrogen-bond acceptors (Lipinski definition) is 6. The molecule has 8 heteroatoms. The molecule has 29 heavy (non-hydrogen) atoms. The molecule has 8 nitrogen and oxygen atoms in total. The number of hydrogen-bond donors (Lipinski definition) is 3. The Hall–Kier alpha value is -3.16. The van der Waals surface area contributed by atoms with Crippen LogP contribution in [-0.2, 0) is 10.5 Å². The van der Waals surface area contributed by atoms with Crippen molar-refractivity contribution in [1.29, 1.82) is 0 Å². The molecule has 2 aromatic rings. The number of nitrogens with one attached hydrogen (secondary N) is 2. The average molecular weight is 396 g/mol. The molecule has 0 spiro atoms. The van der Waals surface area contributed by atoms with E-state index in [1.54, 1.807) is 16.7 Å². The number of allylic oxidation sites excluding steroid dienone is 1. The Labute approximate surface area is 170 Å². The van der Waals surface area contributed by atoms with E-state index in [9.17, 15) is 9.59 Å². The lowest BCUT2D eigenvalue weighted by atomic mass is 9.79. The normalized spacial score (nSPS) is 21.2. The van der Waals surface area contributed by atoms with Gasteiger partial charge < -0.3 is 16.4 Å². The van der Waals surface area contributed by atoms with Gasteiger partial charge in [0.15, 0.2) is 0 Å². The van der Waals surface area contributed by atoms with Crippen molar-refractivity contribution >= 4 is 23.7 Å². The molecule has 0 fully saturated rings. The van der Waals surface area contributed by atoms with E-state index in [2.05, 4.69) is 40.5 Å². The fraction of sp³-hybridized carbons (Fsp3) is 0.429. The molecule has 2 atom stereocenters. The summed E-state index contributed by atoms with van der Waals surface area (Å²) in [4.78, 5) is 33.1. The highest BCUT2D eigenvalue weighted by Gasteiger charge is 2.38. The molecular formula is C21H28N6O2. The van der Waals surface area contributed by atoms with Gasteiger partial charge in [0.25, 0.3) is 5.56 Å². The van der Waals surface area contributed by atoms with Crippen molar-refractivity contribution < 1.29 is 4.79 Å². The third-order valence-electron chi connectivity index (χ3n) is 5.71. The summed E-state index contributed by atoms with van der Waals surface area (Å²) in [6, 6.07) is 3.35. The van der Waals surface area contributed by atoms with Gasteiger partial charge in [0.1, 0.15) is 29.3 Å². The Bertz CT molecular complexity index is 997. The number of nitrogens with two attached hydrogens (primary N) is 1. The van der Waals surface area contributed by atoms with E-state index in [4.69, 9.17) is 5.73 Å². The van der Waals surface area contributed by atoms with Crippen LogP contribution in [0.25, 0.3) is 0 Å². The number of nitrogen functional groups attached to an aromatic ring is 1. The lowest BCUT2D eigenvalue weighted by Crippen LogP contribution is -2.54. The summed E-state index contributed by atoms with van der Waals surface area (Å²) in [6.07, 6.45) is 7.55. The van der Waals surface area contributed by atoms with E-state index in [0.29, 0.717) is 42.0 Å². The van der Waals surface area contributed by atoms with Crippen LogP contribution in [0.1, 0.15) is 37.9 Å². The molecule has 2 unspecified atom stereocenters. The van der Waals surface area contributed by atoms with Crippen LogP contribution < -0.4 is 21.9 Å². The molecule has 0 radical (unpaired) electrons. The molecule has 2 aromatic heterocycles. The van der Waals surface area contributed by atoms with E-state index < -0.39 is 5.66 Å². The highest BCUT2D eigenvalue weighted by atomic mass is 16.1. The molecule has 0 saturated heterocycles. The molecule has 1 aliphatic rings. The zero-order chi connectivity index (χ0) is 21.2. The zero-order valence-electron chi connectivity index (χ0n) is 17.3. The minimum absolute atomic E-state index is 0.242. The van der Waals surface area contributed by atoms with Gasteiger partial charge in [-0.25, -0.2) is 9.97 Å². The number of aromatic nitrogens is 3. The molecule has 0 saturated carbocycles. The number of anilines is 3.